The summed E-state index contributed by atoms with van der Waals surface area (Å²) in [7, 11) is 0. The van der Waals surface area contributed by atoms with Crippen LogP contribution in [0.25, 0.3) is 5.69 Å². The summed E-state index contributed by atoms with van der Waals surface area (Å²) in [5.74, 6) is -0.0646. The van der Waals surface area contributed by atoms with Crippen LogP contribution in [-0.4, -0.2) is 28.4 Å². The third-order valence-corrected chi connectivity index (χ3v) is 2.71. The summed E-state index contributed by atoms with van der Waals surface area (Å²) in [6, 6.07) is 9.41. The summed E-state index contributed by atoms with van der Waals surface area (Å²) >= 11 is 0. The van der Waals surface area contributed by atoms with Gasteiger partial charge in [0.2, 0.25) is 5.91 Å². The van der Waals surface area contributed by atoms with Crippen LogP contribution < -0.4 is 5.32 Å². The van der Waals surface area contributed by atoms with E-state index >= 15 is 0 Å². The lowest BCUT2D eigenvalue weighted by molar-refractivity contribution is -0.117. The lowest BCUT2D eigenvalue weighted by atomic mass is 10.2. The van der Waals surface area contributed by atoms with Crippen molar-refractivity contribution in [3.05, 3.63) is 42.7 Å². The van der Waals surface area contributed by atoms with E-state index < -0.39 is 0 Å². The number of ether oxygens (including phenoxy) is 1. The highest BCUT2D eigenvalue weighted by Crippen LogP contribution is 2.19. The molecule has 0 fully saturated rings. The van der Waals surface area contributed by atoms with E-state index in [4.69, 9.17) is 4.74 Å². The van der Waals surface area contributed by atoms with Gasteiger partial charge in [-0.2, -0.15) is 5.10 Å². The number of carbonyl (C=O) groups is 1. The molecule has 0 radical (unpaired) electrons. The fraction of sp³-hybridized carbons (Fsp3) is 0.333. The van der Waals surface area contributed by atoms with E-state index in [0.29, 0.717) is 13.0 Å². The van der Waals surface area contributed by atoms with Gasteiger partial charge in [-0.1, -0.05) is 12.1 Å². The molecule has 0 saturated carbocycles. The van der Waals surface area contributed by atoms with Gasteiger partial charge in [-0.05, 0) is 32.0 Å². The van der Waals surface area contributed by atoms with Crippen LogP contribution >= 0.6 is 0 Å². The van der Waals surface area contributed by atoms with E-state index in [1.807, 2.05) is 50.4 Å². The van der Waals surface area contributed by atoms with Crippen molar-refractivity contribution in [2.24, 2.45) is 0 Å². The number of amides is 1. The van der Waals surface area contributed by atoms with Crippen molar-refractivity contribution in [1.29, 1.82) is 0 Å². The van der Waals surface area contributed by atoms with Crippen molar-refractivity contribution in [2.45, 2.75) is 26.4 Å². The normalized spacial score (nSPS) is 10.8. The minimum absolute atomic E-state index is 0.0646. The van der Waals surface area contributed by atoms with E-state index in [-0.39, 0.29) is 12.0 Å². The predicted molar refractivity (Wildman–Crippen MR) is 77.9 cm³/mol. The molecule has 2 rings (SSSR count). The zero-order chi connectivity index (χ0) is 14.4. The molecular formula is C15H19N3O2. The number of para-hydroxylation sites is 2. The Kier molecular flexibility index (Phi) is 4.90. The number of benzene rings is 1. The number of nitrogens with zero attached hydrogens (tertiary/aromatic N) is 2. The number of carbonyl (C=O) groups excluding carboxylic acids is 1. The number of rotatable bonds is 6. The molecule has 1 aromatic heterocycles. The van der Waals surface area contributed by atoms with Crippen LogP contribution in [0, 0.1) is 0 Å². The molecule has 1 N–H and O–H groups in total. The van der Waals surface area contributed by atoms with Gasteiger partial charge in [0.05, 0.1) is 30.5 Å². The molecule has 20 heavy (non-hydrogen) atoms. The first-order valence-electron chi connectivity index (χ1n) is 6.67. The molecular weight excluding hydrogens is 254 g/mol. The molecule has 1 amide bonds. The van der Waals surface area contributed by atoms with E-state index in [9.17, 15) is 4.79 Å². The first-order chi connectivity index (χ1) is 9.66. The standard InChI is InChI=1S/C15H19N3O2/c1-12(2)20-11-8-15(19)17-13-6-3-4-7-14(13)18-10-5-9-16-18/h3-7,9-10,12H,8,11H2,1-2H3,(H,17,19). The van der Waals surface area contributed by atoms with Crippen LogP contribution in [0.1, 0.15) is 20.3 Å². The summed E-state index contributed by atoms with van der Waals surface area (Å²) < 4.78 is 7.10. The molecule has 106 valence electrons. The average molecular weight is 273 g/mol. The molecule has 5 heteroatoms. The lowest BCUT2D eigenvalue weighted by Crippen LogP contribution is -2.17. The van der Waals surface area contributed by atoms with Crippen LogP contribution in [0.2, 0.25) is 0 Å². The van der Waals surface area contributed by atoms with Gasteiger partial charge in [-0.3, -0.25) is 4.79 Å². The SMILES string of the molecule is CC(C)OCCC(=O)Nc1ccccc1-n1cccn1. The van der Waals surface area contributed by atoms with Crippen molar-refractivity contribution in [3.8, 4) is 5.69 Å². The molecule has 2 aromatic rings. The van der Waals surface area contributed by atoms with Crippen LogP contribution in [0.15, 0.2) is 42.7 Å². The Balaban J connectivity index is 2.01. The molecule has 1 aromatic carbocycles. The van der Waals surface area contributed by atoms with Gasteiger partial charge < -0.3 is 10.1 Å². The van der Waals surface area contributed by atoms with Crippen LogP contribution in [0.5, 0.6) is 0 Å². The summed E-state index contributed by atoms with van der Waals surface area (Å²) in [6.07, 6.45) is 4.02. The fourth-order valence-corrected chi connectivity index (χ4v) is 1.79. The molecule has 0 unspecified atom stereocenters. The van der Waals surface area contributed by atoms with Gasteiger partial charge in [-0.25, -0.2) is 4.68 Å². The zero-order valence-electron chi connectivity index (χ0n) is 11.7. The Morgan fingerprint density at radius 1 is 1.35 bits per heavy atom. The number of anilines is 1. The summed E-state index contributed by atoms with van der Waals surface area (Å²) in [6.45, 7) is 4.32. The summed E-state index contributed by atoms with van der Waals surface area (Å²) in [5.41, 5.74) is 1.58. The van der Waals surface area contributed by atoms with Gasteiger partial charge in [0.1, 0.15) is 0 Å². The highest BCUT2D eigenvalue weighted by molar-refractivity contribution is 5.92. The molecule has 0 aliphatic rings. The van der Waals surface area contributed by atoms with Crippen molar-refractivity contribution in [2.75, 3.05) is 11.9 Å². The quantitative estimate of drug-likeness (QED) is 0.880. The number of aromatic nitrogens is 2. The van der Waals surface area contributed by atoms with E-state index in [1.165, 1.54) is 0 Å². The Labute approximate surface area is 118 Å². The molecule has 5 nitrogen and oxygen atoms in total. The highest BCUT2D eigenvalue weighted by Gasteiger charge is 2.08. The molecule has 0 spiro atoms. The van der Waals surface area contributed by atoms with E-state index in [2.05, 4.69) is 10.4 Å². The minimum Gasteiger partial charge on any atom is -0.378 e. The number of nitrogens with one attached hydrogen (secondary N) is 1. The van der Waals surface area contributed by atoms with Crippen molar-refractivity contribution < 1.29 is 9.53 Å². The maximum Gasteiger partial charge on any atom is 0.226 e. The molecule has 0 bridgehead atoms. The molecule has 0 atom stereocenters. The maximum atomic E-state index is 11.9. The third kappa shape index (κ3) is 3.93. The summed E-state index contributed by atoms with van der Waals surface area (Å²) in [4.78, 5) is 11.9. The Morgan fingerprint density at radius 2 is 2.15 bits per heavy atom. The van der Waals surface area contributed by atoms with Crippen molar-refractivity contribution in [3.63, 3.8) is 0 Å². The highest BCUT2D eigenvalue weighted by atomic mass is 16.5. The van der Waals surface area contributed by atoms with Crippen LogP contribution in [0.4, 0.5) is 5.69 Å². The number of hydrogen-bond donors (Lipinski definition) is 1. The van der Waals surface area contributed by atoms with Gasteiger partial charge in [0, 0.05) is 12.4 Å². The second-order valence-electron chi connectivity index (χ2n) is 4.69. The van der Waals surface area contributed by atoms with Gasteiger partial charge in [0.25, 0.3) is 0 Å². The van der Waals surface area contributed by atoms with E-state index in [1.54, 1.807) is 10.9 Å². The van der Waals surface area contributed by atoms with Crippen LogP contribution in [-0.2, 0) is 9.53 Å². The van der Waals surface area contributed by atoms with Gasteiger partial charge in [-0.15, -0.1) is 0 Å². The molecule has 1 heterocycles. The molecule has 0 aliphatic heterocycles. The zero-order valence-corrected chi connectivity index (χ0v) is 11.7. The Bertz CT molecular complexity index is 550. The van der Waals surface area contributed by atoms with Gasteiger partial charge >= 0.3 is 0 Å². The topological polar surface area (TPSA) is 56.1 Å². The second kappa shape index (κ2) is 6.86. The second-order valence-corrected chi connectivity index (χ2v) is 4.69. The fourth-order valence-electron chi connectivity index (χ4n) is 1.79. The molecule has 0 aliphatic carbocycles. The molecule has 0 saturated heterocycles. The van der Waals surface area contributed by atoms with Crippen LogP contribution in [0.3, 0.4) is 0 Å². The van der Waals surface area contributed by atoms with Crippen molar-refractivity contribution in [1.82, 2.24) is 9.78 Å². The first kappa shape index (κ1) is 14.3. The smallest absolute Gasteiger partial charge is 0.226 e. The monoisotopic (exact) mass is 273 g/mol. The predicted octanol–water partition coefficient (Wildman–Crippen LogP) is 2.63. The maximum absolute atomic E-state index is 11.9. The Morgan fingerprint density at radius 3 is 2.85 bits per heavy atom. The largest absolute Gasteiger partial charge is 0.378 e. The average Bonchev–Trinajstić information content (AvgIpc) is 2.92. The third-order valence-electron chi connectivity index (χ3n) is 2.71. The lowest BCUT2D eigenvalue weighted by Gasteiger charge is -2.11. The first-order valence-corrected chi connectivity index (χ1v) is 6.67. The number of hydrogen-bond acceptors (Lipinski definition) is 3. The summed E-state index contributed by atoms with van der Waals surface area (Å²) in [5, 5.41) is 7.07. The van der Waals surface area contributed by atoms with E-state index in [0.717, 1.165) is 11.4 Å². The van der Waals surface area contributed by atoms with Crippen molar-refractivity contribution >= 4 is 11.6 Å². The van der Waals surface area contributed by atoms with Gasteiger partial charge in [0.15, 0.2) is 0 Å². The Hall–Kier alpha value is -2.14. The minimum atomic E-state index is -0.0646.